The van der Waals surface area contributed by atoms with E-state index >= 15 is 0 Å². The molecule has 0 aliphatic heterocycles. The van der Waals surface area contributed by atoms with Crippen molar-refractivity contribution in [2.75, 3.05) is 0 Å². The number of nitrogens with two attached hydrogens (primary N) is 1. The fourth-order valence-electron chi connectivity index (χ4n) is 2.22. The average molecular weight is 268 g/mol. The number of aromatic nitrogens is 3. The number of hydrogen-bond acceptors (Lipinski definition) is 5. The van der Waals surface area contributed by atoms with Crippen molar-refractivity contribution in [2.45, 2.75) is 18.4 Å². The second-order valence-corrected chi connectivity index (χ2v) is 5.15. The van der Waals surface area contributed by atoms with Crippen molar-refractivity contribution < 1.29 is 4.42 Å². The van der Waals surface area contributed by atoms with Gasteiger partial charge in [0.1, 0.15) is 5.82 Å². The standard InChI is InChI=1S/C14H12N4O2/c15-14(4-5-14)12-16-6-3-9(17-12)8-1-2-10-11(7-8)20-13(19)18-10/h1-3,6-7H,4-5,15H2,(H,18,19). The first-order valence-corrected chi connectivity index (χ1v) is 6.40. The van der Waals surface area contributed by atoms with Crippen LogP contribution < -0.4 is 11.5 Å². The maximum atomic E-state index is 11.2. The zero-order chi connectivity index (χ0) is 13.7. The van der Waals surface area contributed by atoms with E-state index in [1.807, 2.05) is 12.1 Å². The molecule has 3 N–H and O–H groups in total. The maximum Gasteiger partial charge on any atom is 0.417 e. The van der Waals surface area contributed by atoms with Crippen LogP contribution in [0, 0.1) is 0 Å². The van der Waals surface area contributed by atoms with Gasteiger partial charge in [-0.05, 0) is 31.0 Å². The first-order chi connectivity index (χ1) is 9.64. The molecule has 0 radical (unpaired) electrons. The van der Waals surface area contributed by atoms with E-state index in [-0.39, 0.29) is 5.54 Å². The molecular weight excluding hydrogens is 256 g/mol. The van der Waals surface area contributed by atoms with Crippen LogP contribution in [0.2, 0.25) is 0 Å². The molecule has 6 nitrogen and oxygen atoms in total. The molecular formula is C14H12N4O2. The molecule has 2 aromatic heterocycles. The zero-order valence-electron chi connectivity index (χ0n) is 10.6. The molecule has 20 heavy (non-hydrogen) atoms. The summed E-state index contributed by atoms with van der Waals surface area (Å²) in [6.07, 6.45) is 3.55. The van der Waals surface area contributed by atoms with Crippen molar-refractivity contribution in [1.29, 1.82) is 0 Å². The lowest BCUT2D eigenvalue weighted by atomic mass is 10.1. The van der Waals surface area contributed by atoms with Gasteiger partial charge in [0.15, 0.2) is 5.58 Å². The van der Waals surface area contributed by atoms with E-state index in [1.54, 1.807) is 18.3 Å². The third-order valence-corrected chi connectivity index (χ3v) is 3.61. The Kier molecular flexibility index (Phi) is 2.14. The van der Waals surface area contributed by atoms with Gasteiger partial charge in [-0.25, -0.2) is 14.8 Å². The SMILES string of the molecule is NC1(c2nccc(-c3ccc4[nH]c(=O)oc4c3)n2)CC1. The van der Waals surface area contributed by atoms with E-state index in [0.29, 0.717) is 16.9 Å². The van der Waals surface area contributed by atoms with Crippen molar-refractivity contribution in [3.8, 4) is 11.3 Å². The Morgan fingerprint density at radius 2 is 2.15 bits per heavy atom. The van der Waals surface area contributed by atoms with E-state index in [9.17, 15) is 4.79 Å². The smallest absolute Gasteiger partial charge is 0.408 e. The number of nitrogens with one attached hydrogen (secondary N) is 1. The van der Waals surface area contributed by atoms with Crippen LogP contribution in [0.4, 0.5) is 0 Å². The van der Waals surface area contributed by atoms with E-state index in [2.05, 4.69) is 15.0 Å². The summed E-state index contributed by atoms with van der Waals surface area (Å²) in [5.41, 5.74) is 8.59. The zero-order valence-corrected chi connectivity index (χ0v) is 10.6. The highest BCUT2D eigenvalue weighted by molar-refractivity contribution is 5.78. The minimum absolute atomic E-state index is 0.360. The number of H-pyrrole nitrogens is 1. The Morgan fingerprint density at radius 3 is 2.95 bits per heavy atom. The number of rotatable bonds is 2. The molecule has 1 saturated carbocycles. The van der Waals surface area contributed by atoms with Gasteiger partial charge in [0, 0.05) is 11.8 Å². The van der Waals surface area contributed by atoms with Gasteiger partial charge in [0.2, 0.25) is 0 Å². The Balaban J connectivity index is 1.83. The number of aromatic amines is 1. The van der Waals surface area contributed by atoms with Crippen LogP contribution in [0.15, 0.2) is 39.7 Å². The normalized spacial score (nSPS) is 16.4. The Labute approximate surface area is 113 Å². The third kappa shape index (κ3) is 1.73. The summed E-state index contributed by atoms with van der Waals surface area (Å²) in [6.45, 7) is 0. The molecule has 1 fully saturated rings. The molecule has 1 aromatic carbocycles. The van der Waals surface area contributed by atoms with Gasteiger partial charge in [0.25, 0.3) is 0 Å². The monoisotopic (exact) mass is 268 g/mol. The summed E-state index contributed by atoms with van der Waals surface area (Å²) >= 11 is 0. The molecule has 0 bridgehead atoms. The Bertz CT molecular complexity index is 861. The lowest BCUT2D eigenvalue weighted by Crippen LogP contribution is -2.22. The number of fused-ring (bicyclic) bond motifs is 1. The number of oxazole rings is 1. The molecule has 0 saturated heterocycles. The molecule has 4 rings (SSSR count). The van der Waals surface area contributed by atoms with Crippen LogP contribution in [0.3, 0.4) is 0 Å². The van der Waals surface area contributed by atoms with Crippen molar-refractivity contribution >= 4 is 11.1 Å². The van der Waals surface area contributed by atoms with Gasteiger partial charge in [-0.1, -0.05) is 6.07 Å². The van der Waals surface area contributed by atoms with Crippen molar-refractivity contribution in [3.63, 3.8) is 0 Å². The van der Waals surface area contributed by atoms with Gasteiger partial charge in [-0.2, -0.15) is 0 Å². The van der Waals surface area contributed by atoms with Gasteiger partial charge in [-0.15, -0.1) is 0 Å². The quantitative estimate of drug-likeness (QED) is 0.734. The average Bonchev–Trinajstić information content (AvgIpc) is 3.09. The summed E-state index contributed by atoms with van der Waals surface area (Å²) in [6, 6.07) is 7.29. The molecule has 100 valence electrons. The lowest BCUT2D eigenvalue weighted by Gasteiger charge is -2.08. The fraction of sp³-hybridized carbons (Fsp3) is 0.214. The van der Waals surface area contributed by atoms with Crippen molar-refractivity contribution in [3.05, 3.63) is 46.8 Å². The predicted octanol–water partition coefficient (Wildman–Crippen LogP) is 1.53. The summed E-state index contributed by atoms with van der Waals surface area (Å²) in [7, 11) is 0. The van der Waals surface area contributed by atoms with Crippen LogP contribution in [0.1, 0.15) is 18.7 Å². The highest BCUT2D eigenvalue weighted by Crippen LogP contribution is 2.41. The molecule has 0 amide bonds. The van der Waals surface area contributed by atoms with Crippen LogP contribution in [0.5, 0.6) is 0 Å². The molecule has 0 atom stereocenters. The third-order valence-electron chi connectivity index (χ3n) is 3.61. The van der Waals surface area contributed by atoms with E-state index in [4.69, 9.17) is 10.2 Å². The predicted molar refractivity (Wildman–Crippen MR) is 73.0 cm³/mol. The molecule has 0 unspecified atom stereocenters. The summed E-state index contributed by atoms with van der Waals surface area (Å²) in [5.74, 6) is 0.213. The van der Waals surface area contributed by atoms with Crippen LogP contribution in [-0.4, -0.2) is 15.0 Å². The van der Waals surface area contributed by atoms with E-state index < -0.39 is 5.76 Å². The molecule has 1 aliphatic rings. The van der Waals surface area contributed by atoms with Crippen molar-refractivity contribution in [2.24, 2.45) is 5.73 Å². The van der Waals surface area contributed by atoms with Gasteiger partial charge in [0.05, 0.1) is 16.7 Å². The fourth-order valence-corrected chi connectivity index (χ4v) is 2.22. The van der Waals surface area contributed by atoms with Crippen LogP contribution >= 0.6 is 0 Å². The molecule has 3 aromatic rings. The van der Waals surface area contributed by atoms with Gasteiger partial charge >= 0.3 is 5.76 Å². The van der Waals surface area contributed by atoms with Crippen LogP contribution in [-0.2, 0) is 5.54 Å². The Morgan fingerprint density at radius 1 is 1.30 bits per heavy atom. The summed E-state index contributed by atoms with van der Waals surface area (Å²) in [5, 5.41) is 0. The van der Waals surface area contributed by atoms with E-state index in [1.165, 1.54) is 0 Å². The van der Waals surface area contributed by atoms with Gasteiger partial charge < -0.3 is 10.2 Å². The highest BCUT2D eigenvalue weighted by atomic mass is 16.4. The lowest BCUT2D eigenvalue weighted by molar-refractivity contribution is 0.555. The first-order valence-electron chi connectivity index (χ1n) is 6.40. The molecule has 2 heterocycles. The Hall–Kier alpha value is -2.47. The molecule has 6 heteroatoms. The summed E-state index contributed by atoms with van der Waals surface area (Å²) < 4.78 is 5.06. The second-order valence-electron chi connectivity index (χ2n) is 5.15. The van der Waals surface area contributed by atoms with E-state index in [0.717, 1.165) is 24.1 Å². The highest BCUT2D eigenvalue weighted by Gasteiger charge is 2.43. The number of benzene rings is 1. The first kappa shape index (κ1) is 11.4. The topological polar surface area (TPSA) is 97.8 Å². The maximum absolute atomic E-state index is 11.2. The molecule has 0 spiro atoms. The summed E-state index contributed by atoms with van der Waals surface area (Å²) in [4.78, 5) is 22.5. The van der Waals surface area contributed by atoms with Crippen LogP contribution in [0.25, 0.3) is 22.4 Å². The van der Waals surface area contributed by atoms with Gasteiger partial charge in [-0.3, -0.25) is 4.98 Å². The minimum Gasteiger partial charge on any atom is -0.408 e. The molecule has 1 aliphatic carbocycles. The second kappa shape index (κ2) is 3.77. The largest absolute Gasteiger partial charge is 0.417 e. The number of nitrogens with zero attached hydrogens (tertiary/aromatic N) is 2. The van der Waals surface area contributed by atoms with Crippen molar-refractivity contribution in [1.82, 2.24) is 15.0 Å². The minimum atomic E-state index is -0.459. The number of hydrogen-bond donors (Lipinski definition) is 2.